The van der Waals surface area contributed by atoms with Gasteiger partial charge in [-0.15, -0.1) is 0 Å². The molecule has 1 aliphatic heterocycles. The second-order valence-corrected chi connectivity index (χ2v) is 8.66. The molecular weight excluding hydrogens is 468 g/mol. The van der Waals surface area contributed by atoms with Gasteiger partial charge < -0.3 is 19.3 Å². The van der Waals surface area contributed by atoms with E-state index in [1.54, 1.807) is 19.1 Å². The summed E-state index contributed by atoms with van der Waals surface area (Å²) in [6, 6.07) is 22.3. The van der Waals surface area contributed by atoms with Gasteiger partial charge >= 0.3 is 6.03 Å². The zero-order chi connectivity index (χ0) is 25.9. The highest BCUT2D eigenvalue weighted by Gasteiger charge is 2.36. The lowest BCUT2D eigenvalue weighted by Gasteiger charge is -2.35. The Bertz CT molecular complexity index is 1420. The number of amides is 2. The fourth-order valence-electron chi connectivity index (χ4n) is 4.45. The van der Waals surface area contributed by atoms with Crippen LogP contribution in [0.2, 0.25) is 0 Å². The van der Waals surface area contributed by atoms with Crippen LogP contribution in [0.5, 0.6) is 11.5 Å². The number of carbonyl (C=O) groups excluding carboxylic acids is 1. The first-order valence-electron chi connectivity index (χ1n) is 12.0. The number of anilines is 1. The van der Waals surface area contributed by atoms with Gasteiger partial charge in [-0.2, -0.15) is 4.98 Å². The number of aryl methyl sites for hydroxylation is 1. The van der Waals surface area contributed by atoms with Gasteiger partial charge in [-0.3, -0.25) is 4.90 Å². The molecule has 2 amide bonds. The number of hydrogen-bond acceptors (Lipinski definition) is 6. The number of urea groups is 1. The van der Waals surface area contributed by atoms with Gasteiger partial charge in [0.1, 0.15) is 11.5 Å². The van der Waals surface area contributed by atoms with E-state index in [1.165, 1.54) is 5.56 Å². The van der Waals surface area contributed by atoms with Crippen LogP contribution in [0, 0.1) is 0 Å². The van der Waals surface area contributed by atoms with Crippen molar-refractivity contribution in [1.82, 2.24) is 15.5 Å². The van der Waals surface area contributed by atoms with Crippen LogP contribution in [-0.4, -0.2) is 30.4 Å². The first-order valence-corrected chi connectivity index (χ1v) is 12.0. The Morgan fingerprint density at radius 2 is 1.54 bits per heavy atom. The summed E-state index contributed by atoms with van der Waals surface area (Å²) in [7, 11) is 3.23. The van der Waals surface area contributed by atoms with Crippen molar-refractivity contribution in [2.45, 2.75) is 26.3 Å². The molecule has 3 aromatic carbocycles. The number of allylic oxidation sites excluding steroid dienone is 1. The molecule has 1 aromatic heterocycles. The second-order valence-electron chi connectivity index (χ2n) is 8.66. The predicted octanol–water partition coefficient (Wildman–Crippen LogP) is 6.02. The van der Waals surface area contributed by atoms with Crippen LogP contribution in [0.15, 0.2) is 83.0 Å². The fraction of sp³-hybridized carbons (Fsp3) is 0.207. The average molecular weight is 497 g/mol. The number of aromatic nitrogens is 2. The van der Waals surface area contributed by atoms with Gasteiger partial charge in [-0.25, -0.2) is 4.79 Å². The van der Waals surface area contributed by atoms with E-state index in [-0.39, 0.29) is 6.03 Å². The van der Waals surface area contributed by atoms with Crippen molar-refractivity contribution in [1.29, 1.82) is 0 Å². The van der Waals surface area contributed by atoms with Crippen molar-refractivity contribution in [3.63, 3.8) is 0 Å². The summed E-state index contributed by atoms with van der Waals surface area (Å²) in [5.74, 6) is 2.24. The first-order chi connectivity index (χ1) is 18.0. The van der Waals surface area contributed by atoms with E-state index < -0.39 is 6.04 Å². The molecule has 8 nitrogen and oxygen atoms in total. The number of carbonyl (C=O) groups is 1. The van der Waals surface area contributed by atoms with Gasteiger partial charge in [0.2, 0.25) is 5.82 Å². The minimum absolute atomic E-state index is 0.245. The van der Waals surface area contributed by atoms with Gasteiger partial charge in [0.15, 0.2) is 0 Å². The highest BCUT2D eigenvalue weighted by atomic mass is 16.5. The summed E-state index contributed by atoms with van der Waals surface area (Å²) in [6.45, 7) is 4.00. The highest BCUT2D eigenvalue weighted by molar-refractivity contribution is 6.01. The smallest absolute Gasteiger partial charge is 0.326 e. The molecule has 37 heavy (non-hydrogen) atoms. The lowest BCUT2D eigenvalue weighted by molar-refractivity contribution is 0.244. The number of hydrogen-bond donors (Lipinski definition) is 1. The molecule has 1 aliphatic rings. The molecule has 0 bridgehead atoms. The predicted molar refractivity (Wildman–Crippen MR) is 141 cm³/mol. The Morgan fingerprint density at radius 1 is 0.919 bits per heavy atom. The third kappa shape index (κ3) is 4.65. The Hall–Kier alpha value is -4.59. The summed E-state index contributed by atoms with van der Waals surface area (Å²) < 4.78 is 16.3. The summed E-state index contributed by atoms with van der Waals surface area (Å²) in [5.41, 5.74) is 5.06. The van der Waals surface area contributed by atoms with Crippen LogP contribution in [-0.2, 0) is 6.42 Å². The SMILES string of the molecule is CCc1ccc(C2NC(=O)N(c3ccc(OC)cc3)C(C)=C2c2nc(-c3ccc(OC)cc3)no2)cc1. The Morgan fingerprint density at radius 3 is 2.14 bits per heavy atom. The summed E-state index contributed by atoms with van der Waals surface area (Å²) in [4.78, 5) is 19.7. The Kier molecular flexibility index (Phi) is 6.64. The zero-order valence-electron chi connectivity index (χ0n) is 21.2. The molecule has 1 unspecified atom stereocenters. The van der Waals surface area contributed by atoms with Gasteiger partial charge in [0.25, 0.3) is 5.89 Å². The number of nitrogens with one attached hydrogen (secondary N) is 1. The van der Waals surface area contributed by atoms with E-state index in [0.29, 0.717) is 28.8 Å². The summed E-state index contributed by atoms with van der Waals surface area (Å²) in [5, 5.41) is 7.38. The summed E-state index contributed by atoms with van der Waals surface area (Å²) >= 11 is 0. The topological polar surface area (TPSA) is 89.7 Å². The Labute approximate surface area is 215 Å². The van der Waals surface area contributed by atoms with E-state index in [2.05, 4.69) is 29.5 Å². The number of methoxy groups -OCH3 is 2. The molecule has 5 rings (SSSR count). The standard InChI is InChI=1S/C29H28N4O4/c1-5-19-6-8-20(9-7-19)26-25(28-31-27(32-37-28)21-10-14-23(35-3)15-11-21)18(2)33(29(34)30-26)22-12-16-24(36-4)17-13-22/h6-17,26H,5H2,1-4H3,(H,30,34). The van der Waals surface area contributed by atoms with Crippen molar-refractivity contribution < 1.29 is 18.8 Å². The van der Waals surface area contributed by atoms with E-state index in [1.807, 2.05) is 67.6 Å². The van der Waals surface area contributed by atoms with E-state index in [4.69, 9.17) is 19.0 Å². The monoisotopic (exact) mass is 496 g/mol. The highest BCUT2D eigenvalue weighted by Crippen LogP contribution is 2.39. The van der Waals surface area contributed by atoms with Crippen molar-refractivity contribution in [3.8, 4) is 22.9 Å². The molecule has 0 radical (unpaired) electrons. The maximum Gasteiger partial charge on any atom is 0.326 e. The molecule has 0 spiro atoms. The van der Waals surface area contributed by atoms with Crippen LogP contribution in [0.25, 0.3) is 17.0 Å². The molecule has 188 valence electrons. The minimum atomic E-state index is -0.461. The summed E-state index contributed by atoms with van der Waals surface area (Å²) in [6.07, 6.45) is 0.930. The Balaban J connectivity index is 1.61. The lowest BCUT2D eigenvalue weighted by Crippen LogP contribution is -2.46. The maximum atomic E-state index is 13.4. The van der Waals surface area contributed by atoms with Crippen molar-refractivity contribution in [3.05, 3.63) is 95.5 Å². The molecule has 1 atom stereocenters. The van der Waals surface area contributed by atoms with Gasteiger partial charge in [-0.05, 0) is 73.0 Å². The molecule has 0 saturated heterocycles. The van der Waals surface area contributed by atoms with E-state index >= 15 is 0 Å². The van der Waals surface area contributed by atoms with Crippen LogP contribution in [0.3, 0.4) is 0 Å². The van der Waals surface area contributed by atoms with E-state index in [0.717, 1.165) is 28.9 Å². The average Bonchev–Trinajstić information content (AvgIpc) is 3.43. The third-order valence-electron chi connectivity index (χ3n) is 6.54. The van der Waals surface area contributed by atoms with Crippen LogP contribution < -0.4 is 19.7 Å². The molecule has 0 saturated carbocycles. The molecular formula is C29H28N4O4. The molecule has 8 heteroatoms. The van der Waals surface area contributed by atoms with Gasteiger partial charge in [0, 0.05) is 11.3 Å². The van der Waals surface area contributed by atoms with Gasteiger partial charge in [-0.1, -0.05) is 36.3 Å². The molecule has 4 aromatic rings. The molecule has 1 N–H and O–H groups in total. The normalized spacial score (nSPS) is 15.5. The molecule has 0 aliphatic carbocycles. The quantitative estimate of drug-likeness (QED) is 0.337. The third-order valence-corrected chi connectivity index (χ3v) is 6.54. The minimum Gasteiger partial charge on any atom is -0.497 e. The fourth-order valence-corrected chi connectivity index (χ4v) is 4.45. The van der Waals surface area contributed by atoms with Crippen LogP contribution >= 0.6 is 0 Å². The van der Waals surface area contributed by atoms with Gasteiger partial charge in [0.05, 0.1) is 31.5 Å². The molecule has 2 heterocycles. The van der Waals surface area contributed by atoms with E-state index in [9.17, 15) is 4.79 Å². The second kappa shape index (κ2) is 10.2. The van der Waals surface area contributed by atoms with Crippen molar-refractivity contribution in [2.24, 2.45) is 0 Å². The van der Waals surface area contributed by atoms with Crippen LogP contribution in [0.4, 0.5) is 10.5 Å². The lowest BCUT2D eigenvalue weighted by atomic mass is 9.93. The maximum absolute atomic E-state index is 13.4. The number of benzene rings is 3. The number of rotatable bonds is 7. The zero-order valence-corrected chi connectivity index (χ0v) is 21.2. The van der Waals surface area contributed by atoms with Crippen LogP contribution in [0.1, 0.15) is 36.9 Å². The molecule has 0 fully saturated rings. The number of ether oxygens (including phenoxy) is 2. The van der Waals surface area contributed by atoms with Crippen molar-refractivity contribution >= 4 is 17.3 Å². The van der Waals surface area contributed by atoms with Crippen molar-refractivity contribution in [2.75, 3.05) is 19.1 Å². The number of nitrogens with zero attached hydrogens (tertiary/aromatic N) is 3. The first kappa shape index (κ1) is 24.1. The largest absolute Gasteiger partial charge is 0.497 e.